The van der Waals surface area contributed by atoms with Crippen molar-refractivity contribution < 1.29 is 9.50 Å². The molecule has 100 valence electrons. The fraction of sp³-hybridized carbons (Fsp3) is 0.214. The summed E-state index contributed by atoms with van der Waals surface area (Å²) < 4.78 is 15.0. The average Bonchev–Trinajstić information content (AvgIpc) is 2.41. The van der Waals surface area contributed by atoms with Crippen LogP contribution in [0.5, 0.6) is 0 Å². The van der Waals surface area contributed by atoms with Crippen molar-refractivity contribution >= 4 is 21.7 Å². The second-order valence-corrected chi connectivity index (χ2v) is 5.16. The van der Waals surface area contributed by atoms with Crippen molar-refractivity contribution in [2.45, 2.75) is 13.2 Å². The molecule has 2 rings (SSSR count). The highest BCUT2D eigenvalue weighted by atomic mass is 79.9. The summed E-state index contributed by atoms with van der Waals surface area (Å²) in [4.78, 5) is 5.75. The van der Waals surface area contributed by atoms with E-state index in [1.54, 1.807) is 11.9 Å². The highest BCUT2D eigenvalue weighted by Gasteiger charge is 2.13. The van der Waals surface area contributed by atoms with E-state index in [0.29, 0.717) is 6.54 Å². The van der Waals surface area contributed by atoms with Gasteiger partial charge in [0.1, 0.15) is 0 Å². The molecule has 0 bridgehead atoms. The Morgan fingerprint density at radius 3 is 2.58 bits per heavy atom. The van der Waals surface area contributed by atoms with E-state index in [2.05, 4.69) is 20.9 Å². The third kappa shape index (κ3) is 3.30. The van der Waals surface area contributed by atoms with Crippen LogP contribution in [0.2, 0.25) is 0 Å². The van der Waals surface area contributed by atoms with Crippen molar-refractivity contribution in [3.8, 4) is 0 Å². The quantitative estimate of drug-likeness (QED) is 0.938. The molecule has 3 nitrogen and oxygen atoms in total. The zero-order valence-corrected chi connectivity index (χ0v) is 12.1. The summed E-state index contributed by atoms with van der Waals surface area (Å²) in [7, 11) is 1.77. The number of hydrogen-bond donors (Lipinski definition) is 1. The van der Waals surface area contributed by atoms with Crippen LogP contribution >= 0.6 is 15.9 Å². The van der Waals surface area contributed by atoms with E-state index in [0.717, 1.165) is 10.0 Å². The lowest BCUT2D eigenvalue weighted by atomic mass is 10.2. The summed E-state index contributed by atoms with van der Waals surface area (Å²) in [5.74, 6) is -0.223. The Morgan fingerprint density at radius 1 is 1.26 bits per heavy atom. The lowest BCUT2D eigenvalue weighted by molar-refractivity contribution is 0.275. The SMILES string of the molecule is CN(Cc1ccc(Br)cc1)c1nccc(CO)c1F. The molecule has 1 aromatic carbocycles. The number of aliphatic hydroxyl groups excluding tert-OH is 1. The van der Waals surface area contributed by atoms with Crippen molar-refractivity contribution in [3.63, 3.8) is 0 Å². The van der Waals surface area contributed by atoms with Gasteiger partial charge in [-0.05, 0) is 23.8 Å². The van der Waals surface area contributed by atoms with Crippen LogP contribution < -0.4 is 4.90 Å². The van der Waals surface area contributed by atoms with Crippen molar-refractivity contribution in [3.05, 3.63) is 57.9 Å². The summed E-state index contributed by atoms with van der Waals surface area (Å²) in [6.07, 6.45) is 1.50. The minimum atomic E-state index is -0.468. The Bertz CT molecular complexity index is 560. The molecule has 0 amide bonds. The maximum atomic E-state index is 14.0. The molecule has 19 heavy (non-hydrogen) atoms. The predicted octanol–water partition coefficient (Wildman–Crippen LogP) is 3.11. The van der Waals surface area contributed by atoms with Crippen LogP contribution in [0, 0.1) is 5.82 Å². The van der Waals surface area contributed by atoms with E-state index in [9.17, 15) is 4.39 Å². The van der Waals surface area contributed by atoms with Crippen molar-refractivity contribution in [2.24, 2.45) is 0 Å². The molecule has 2 aromatic rings. The first-order valence-electron chi connectivity index (χ1n) is 5.81. The number of anilines is 1. The van der Waals surface area contributed by atoms with Gasteiger partial charge in [0.05, 0.1) is 6.61 Å². The van der Waals surface area contributed by atoms with Gasteiger partial charge < -0.3 is 10.0 Å². The van der Waals surface area contributed by atoms with Gasteiger partial charge in [0.2, 0.25) is 0 Å². The van der Waals surface area contributed by atoms with Gasteiger partial charge >= 0.3 is 0 Å². The van der Waals surface area contributed by atoms with Crippen LogP contribution in [0.4, 0.5) is 10.2 Å². The number of halogens is 2. The maximum absolute atomic E-state index is 14.0. The first kappa shape index (κ1) is 14.0. The third-order valence-corrected chi connectivity index (χ3v) is 3.34. The molecule has 0 aliphatic heterocycles. The van der Waals surface area contributed by atoms with E-state index in [4.69, 9.17) is 5.11 Å². The first-order chi connectivity index (χ1) is 9.11. The van der Waals surface area contributed by atoms with Gasteiger partial charge in [0.15, 0.2) is 11.6 Å². The Balaban J connectivity index is 2.20. The summed E-state index contributed by atoms with van der Waals surface area (Å²) >= 11 is 3.37. The van der Waals surface area contributed by atoms with Crippen molar-refractivity contribution in [2.75, 3.05) is 11.9 Å². The maximum Gasteiger partial charge on any atom is 0.171 e. The lowest BCUT2D eigenvalue weighted by Gasteiger charge is -2.19. The first-order valence-corrected chi connectivity index (χ1v) is 6.61. The lowest BCUT2D eigenvalue weighted by Crippen LogP contribution is -2.19. The van der Waals surface area contributed by atoms with Crippen molar-refractivity contribution in [1.29, 1.82) is 0 Å². The summed E-state index contributed by atoms with van der Waals surface area (Å²) in [6.45, 7) is 0.222. The van der Waals surface area contributed by atoms with Gasteiger partial charge in [0, 0.05) is 29.8 Å². The van der Waals surface area contributed by atoms with E-state index in [1.807, 2.05) is 24.3 Å². The van der Waals surface area contributed by atoms with Gasteiger partial charge in [-0.1, -0.05) is 28.1 Å². The fourth-order valence-corrected chi connectivity index (χ4v) is 2.06. The minimum absolute atomic E-state index is 0.245. The molecule has 0 saturated heterocycles. The second-order valence-electron chi connectivity index (χ2n) is 4.25. The molecule has 0 atom stereocenters. The number of hydrogen-bond acceptors (Lipinski definition) is 3. The van der Waals surface area contributed by atoms with Gasteiger partial charge in [0.25, 0.3) is 0 Å². The van der Waals surface area contributed by atoms with E-state index >= 15 is 0 Å². The van der Waals surface area contributed by atoms with Gasteiger partial charge in [-0.2, -0.15) is 0 Å². The van der Waals surface area contributed by atoms with Crippen LogP contribution in [0.15, 0.2) is 41.0 Å². The van der Waals surface area contributed by atoms with Gasteiger partial charge in [-0.3, -0.25) is 0 Å². The minimum Gasteiger partial charge on any atom is -0.392 e. The molecular formula is C14H14BrFN2O. The number of rotatable bonds is 4. The molecule has 0 aliphatic carbocycles. The molecule has 0 aliphatic rings. The molecule has 1 heterocycles. The zero-order chi connectivity index (χ0) is 13.8. The monoisotopic (exact) mass is 324 g/mol. The number of aromatic nitrogens is 1. The molecule has 0 fully saturated rings. The number of pyridine rings is 1. The van der Waals surface area contributed by atoms with Gasteiger partial charge in [-0.15, -0.1) is 0 Å². The standard InChI is InChI=1S/C14H14BrFN2O/c1-18(8-10-2-4-12(15)5-3-10)14-13(16)11(9-19)6-7-17-14/h2-7,19H,8-9H2,1H3. The average molecular weight is 325 g/mol. The Kier molecular flexibility index (Phi) is 4.50. The molecule has 0 saturated carbocycles. The van der Waals surface area contributed by atoms with Crippen LogP contribution in [0.25, 0.3) is 0 Å². The molecule has 0 radical (unpaired) electrons. The highest BCUT2D eigenvalue weighted by molar-refractivity contribution is 9.10. The van der Waals surface area contributed by atoms with E-state index in [1.165, 1.54) is 12.3 Å². The number of nitrogens with zero attached hydrogens (tertiary/aromatic N) is 2. The van der Waals surface area contributed by atoms with Gasteiger partial charge in [-0.25, -0.2) is 9.37 Å². The fourth-order valence-electron chi connectivity index (χ4n) is 1.80. The third-order valence-electron chi connectivity index (χ3n) is 2.82. The molecule has 5 heteroatoms. The topological polar surface area (TPSA) is 36.4 Å². The summed E-state index contributed by atoms with van der Waals surface area (Å²) in [6, 6.07) is 9.29. The smallest absolute Gasteiger partial charge is 0.171 e. The summed E-state index contributed by atoms with van der Waals surface area (Å²) in [5, 5.41) is 9.05. The molecule has 1 aromatic heterocycles. The van der Waals surface area contributed by atoms with Crippen LogP contribution in [-0.2, 0) is 13.2 Å². The predicted molar refractivity (Wildman–Crippen MR) is 76.4 cm³/mol. The largest absolute Gasteiger partial charge is 0.392 e. The number of aliphatic hydroxyl groups is 1. The van der Waals surface area contributed by atoms with Crippen LogP contribution in [0.3, 0.4) is 0 Å². The van der Waals surface area contributed by atoms with E-state index < -0.39 is 5.82 Å². The van der Waals surface area contributed by atoms with Crippen molar-refractivity contribution in [1.82, 2.24) is 4.98 Å². The van der Waals surface area contributed by atoms with E-state index in [-0.39, 0.29) is 18.0 Å². The molecule has 1 N–H and O–H groups in total. The highest BCUT2D eigenvalue weighted by Crippen LogP contribution is 2.20. The zero-order valence-electron chi connectivity index (χ0n) is 10.5. The Hall–Kier alpha value is -1.46. The normalized spacial score (nSPS) is 10.5. The van der Waals surface area contributed by atoms with Crippen LogP contribution in [0.1, 0.15) is 11.1 Å². The summed E-state index contributed by atoms with van der Waals surface area (Å²) in [5.41, 5.74) is 1.31. The Morgan fingerprint density at radius 2 is 1.95 bits per heavy atom. The molecular weight excluding hydrogens is 311 g/mol. The second kappa shape index (κ2) is 6.12. The Labute approximate surface area is 119 Å². The molecule has 0 spiro atoms. The number of benzene rings is 1. The molecule has 0 unspecified atom stereocenters. The van der Waals surface area contributed by atoms with Crippen LogP contribution in [-0.4, -0.2) is 17.1 Å².